The Morgan fingerprint density at radius 3 is 2.65 bits per heavy atom. The zero-order chi connectivity index (χ0) is 14.4. The van der Waals surface area contributed by atoms with Gasteiger partial charge in [0.15, 0.2) is 0 Å². The van der Waals surface area contributed by atoms with E-state index in [2.05, 4.69) is 10.6 Å². The van der Waals surface area contributed by atoms with E-state index in [9.17, 15) is 9.59 Å². The Morgan fingerprint density at radius 2 is 2.05 bits per heavy atom. The van der Waals surface area contributed by atoms with E-state index in [4.69, 9.17) is 4.74 Å². The normalized spacial score (nSPS) is 17.8. The molecular formula is C15H20N2O3. The summed E-state index contributed by atoms with van der Waals surface area (Å²) in [6.07, 6.45) is 2.25. The van der Waals surface area contributed by atoms with E-state index in [-0.39, 0.29) is 17.9 Å². The predicted molar refractivity (Wildman–Crippen MR) is 76.7 cm³/mol. The number of amides is 2. The fourth-order valence-electron chi connectivity index (χ4n) is 2.05. The van der Waals surface area contributed by atoms with E-state index in [1.165, 1.54) is 0 Å². The van der Waals surface area contributed by atoms with Crippen LogP contribution in [0.4, 0.5) is 5.69 Å². The first-order chi connectivity index (χ1) is 9.70. The molecule has 0 radical (unpaired) electrons. The highest BCUT2D eigenvalue weighted by atomic mass is 16.5. The van der Waals surface area contributed by atoms with Crippen molar-refractivity contribution < 1.29 is 14.3 Å². The van der Waals surface area contributed by atoms with Crippen LogP contribution >= 0.6 is 0 Å². The van der Waals surface area contributed by atoms with E-state index in [0.717, 1.165) is 19.3 Å². The van der Waals surface area contributed by atoms with Crippen LogP contribution in [0.3, 0.4) is 0 Å². The molecule has 5 nitrogen and oxygen atoms in total. The third kappa shape index (κ3) is 3.81. The van der Waals surface area contributed by atoms with Gasteiger partial charge in [0.2, 0.25) is 0 Å². The molecule has 0 spiro atoms. The van der Waals surface area contributed by atoms with Crippen molar-refractivity contribution in [1.29, 1.82) is 0 Å². The van der Waals surface area contributed by atoms with Crippen molar-refractivity contribution in [3.8, 4) is 0 Å². The summed E-state index contributed by atoms with van der Waals surface area (Å²) in [5.74, 6) is -0.213. The van der Waals surface area contributed by atoms with Crippen molar-refractivity contribution in [2.45, 2.75) is 32.3 Å². The summed E-state index contributed by atoms with van der Waals surface area (Å²) in [4.78, 5) is 23.6. The van der Waals surface area contributed by atoms with Gasteiger partial charge in [-0.2, -0.15) is 0 Å². The molecule has 0 aromatic heterocycles. The van der Waals surface area contributed by atoms with Crippen LogP contribution in [0.2, 0.25) is 0 Å². The van der Waals surface area contributed by atoms with Crippen LogP contribution in [0.5, 0.6) is 0 Å². The van der Waals surface area contributed by atoms with Crippen LogP contribution in [0, 0.1) is 0 Å². The van der Waals surface area contributed by atoms with E-state index in [1.54, 1.807) is 24.3 Å². The lowest BCUT2D eigenvalue weighted by molar-refractivity contribution is -0.124. The standard InChI is InChI=1S/C15H20N2O3/c1-2-9-16-14(18)11-5-7-12(8-6-11)17-15(19)13-4-3-10-20-13/h5-8,13H,2-4,9-10H2,1H3,(H,16,18)(H,17,19). The molecule has 1 heterocycles. The second-order valence-corrected chi connectivity index (χ2v) is 4.82. The van der Waals surface area contributed by atoms with Gasteiger partial charge in [-0.25, -0.2) is 0 Å². The molecular weight excluding hydrogens is 256 g/mol. The molecule has 1 aromatic rings. The second-order valence-electron chi connectivity index (χ2n) is 4.82. The fraction of sp³-hybridized carbons (Fsp3) is 0.467. The lowest BCUT2D eigenvalue weighted by Gasteiger charge is -2.10. The third-order valence-corrected chi connectivity index (χ3v) is 3.17. The number of hydrogen-bond acceptors (Lipinski definition) is 3. The molecule has 2 amide bonds. The van der Waals surface area contributed by atoms with Gasteiger partial charge in [0.1, 0.15) is 6.10 Å². The largest absolute Gasteiger partial charge is 0.368 e. The SMILES string of the molecule is CCCNC(=O)c1ccc(NC(=O)C2CCCO2)cc1. The summed E-state index contributed by atoms with van der Waals surface area (Å²) in [6, 6.07) is 6.87. The maximum absolute atomic E-state index is 11.9. The van der Waals surface area contributed by atoms with Crippen LogP contribution in [0.15, 0.2) is 24.3 Å². The number of carbonyl (C=O) groups excluding carboxylic acids is 2. The number of carbonyl (C=O) groups is 2. The Bertz CT molecular complexity index is 465. The monoisotopic (exact) mass is 276 g/mol. The molecule has 1 aliphatic rings. The molecule has 1 unspecified atom stereocenters. The molecule has 1 fully saturated rings. The minimum atomic E-state index is -0.345. The summed E-state index contributed by atoms with van der Waals surface area (Å²) in [6.45, 7) is 3.31. The number of nitrogens with one attached hydrogen (secondary N) is 2. The van der Waals surface area contributed by atoms with Crippen molar-refractivity contribution >= 4 is 17.5 Å². The average molecular weight is 276 g/mol. The van der Waals surface area contributed by atoms with Crippen LogP contribution in [0.25, 0.3) is 0 Å². The molecule has 20 heavy (non-hydrogen) atoms. The zero-order valence-corrected chi connectivity index (χ0v) is 11.6. The maximum Gasteiger partial charge on any atom is 0.253 e. The molecule has 0 aliphatic carbocycles. The summed E-state index contributed by atoms with van der Waals surface area (Å²) < 4.78 is 5.32. The van der Waals surface area contributed by atoms with Crippen molar-refractivity contribution in [2.24, 2.45) is 0 Å². The second kappa shape index (κ2) is 7.05. The van der Waals surface area contributed by atoms with Crippen LogP contribution in [-0.2, 0) is 9.53 Å². The highest BCUT2D eigenvalue weighted by Gasteiger charge is 2.23. The maximum atomic E-state index is 11.9. The minimum absolute atomic E-state index is 0.0937. The fourth-order valence-corrected chi connectivity index (χ4v) is 2.05. The Balaban J connectivity index is 1.90. The number of ether oxygens (including phenoxy) is 1. The lowest BCUT2D eigenvalue weighted by Crippen LogP contribution is -2.27. The first-order valence-corrected chi connectivity index (χ1v) is 7.01. The third-order valence-electron chi connectivity index (χ3n) is 3.17. The smallest absolute Gasteiger partial charge is 0.253 e. The van der Waals surface area contributed by atoms with Crippen molar-refractivity contribution in [3.05, 3.63) is 29.8 Å². The number of rotatable bonds is 5. The quantitative estimate of drug-likeness (QED) is 0.863. The number of hydrogen-bond donors (Lipinski definition) is 2. The van der Waals surface area contributed by atoms with Gasteiger partial charge in [-0.05, 0) is 43.5 Å². The van der Waals surface area contributed by atoms with E-state index >= 15 is 0 Å². The molecule has 2 N–H and O–H groups in total. The first-order valence-electron chi connectivity index (χ1n) is 7.01. The summed E-state index contributed by atoms with van der Waals surface area (Å²) in [7, 11) is 0. The molecule has 108 valence electrons. The van der Waals surface area contributed by atoms with Crippen LogP contribution < -0.4 is 10.6 Å². The highest BCUT2D eigenvalue weighted by Crippen LogP contribution is 2.15. The lowest BCUT2D eigenvalue weighted by atomic mass is 10.2. The van der Waals surface area contributed by atoms with Crippen molar-refractivity contribution in [3.63, 3.8) is 0 Å². The van der Waals surface area contributed by atoms with Gasteiger partial charge in [0.25, 0.3) is 11.8 Å². The summed E-state index contributed by atoms with van der Waals surface area (Å²) in [5.41, 5.74) is 1.27. The average Bonchev–Trinajstić information content (AvgIpc) is 3.00. The van der Waals surface area contributed by atoms with Gasteiger partial charge in [-0.3, -0.25) is 9.59 Å². The number of benzene rings is 1. The van der Waals surface area contributed by atoms with Crippen molar-refractivity contribution in [1.82, 2.24) is 5.32 Å². The van der Waals surface area contributed by atoms with Gasteiger partial charge < -0.3 is 15.4 Å². The molecule has 0 saturated carbocycles. The van der Waals surface area contributed by atoms with Gasteiger partial charge >= 0.3 is 0 Å². The van der Waals surface area contributed by atoms with E-state index in [1.807, 2.05) is 6.92 Å². The van der Waals surface area contributed by atoms with Crippen molar-refractivity contribution in [2.75, 3.05) is 18.5 Å². The van der Waals surface area contributed by atoms with E-state index in [0.29, 0.717) is 24.4 Å². The highest BCUT2D eigenvalue weighted by molar-refractivity contribution is 5.96. The van der Waals surface area contributed by atoms with Gasteiger partial charge in [-0.1, -0.05) is 6.92 Å². The van der Waals surface area contributed by atoms with Gasteiger partial charge in [0.05, 0.1) is 0 Å². The topological polar surface area (TPSA) is 67.4 Å². The minimum Gasteiger partial charge on any atom is -0.368 e. The van der Waals surface area contributed by atoms with Gasteiger partial charge in [-0.15, -0.1) is 0 Å². The molecule has 1 saturated heterocycles. The molecule has 5 heteroatoms. The number of anilines is 1. The first kappa shape index (κ1) is 14.5. The zero-order valence-electron chi connectivity index (χ0n) is 11.6. The molecule has 1 atom stereocenters. The molecule has 0 bridgehead atoms. The molecule has 1 aromatic carbocycles. The summed E-state index contributed by atoms with van der Waals surface area (Å²) in [5, 5.41) is 5.60. The predicted octanol–water partition coefficient (Wildman–Crippen LogP) is 1.94. The molecule has 1 aliphatic heterocycles. The Morgan fingerprint density at radius 1 is 1.30 bits per heavy atom. The Labute approximate surface area is 118 Å². The van der Waals surface area contributed by atoms with Crippen LogP contribution in [0.1, 0.15) is 36.5 Å². The molecule has 2 rings (SSSR count). The summed E-state index contributed by atoms with van der Waals surface area (Å²) >= 11 is 0. The van der Waals surface area contributed by atoms with Gasteiger partial charge in [0, 0.05) is 24.4 Å². The Hall–Kier alpha value is -1.88. The van der Waals surface area contributed by atoms with E-state index < -0.39 is 0 Å². The van der Waals surface area contributed by atoms with Crippen LogP contribution in [-0.4, -0.2) is 31.1 Å². The Kier molecular flexibility index (Phi) is 5.12.